The summed E-state index contributed by atoms with van der Waals surface area (Å²) in [5.41, 5.74) is -2.42. The molecular weight excluding hydrogens is 573 g/mol. The van der Waals surface area contributed by atoms with Gasteiger partial charge in [0.1, 0.15) is 0 Å². The van der Waals surface area contributed by atoms with E-state index in [1.54, 1.807) is 6.92 Å². The Morgan fingerprint density at radius 1 is 0.929 bits per heavy atom. The molecule has 0 aliphatic carbocycles. The van der Waals surface area contributed by atoms with Gasteiger partial charge in [0, 0.05) is 43.1 Å². The zero-order valence-electron chi connectivity index (χ0n) is 25.0. The second-order valence-electron chi connectivity index (χ2n) is 9.77. The lowest BCUT2D eigenvalue weighted by atomic mass is 10.1. The van der Waals surface area contributed by atoms with Crippen molar-refractivity contribution >= 4 is 34.1 Å². The number of benzene rings is 2. The highest BCUT2D eigenvalue weighted by Crippen LogP contribution is 2.43. The summed E-state index contributed by atoms with van der Waals surface area (Å²) in [6.07, 6.45) is -1.57. The van der Waals surface area contributed by atoms with E-state index in [0.29, 0.717) is 30.6 Å². The van der Waals surface area contributed by atoms with Crippen LogP contribution in [0.4, 0.5) is 35.0 Å². The predicted octanol–water partition coefficient (Wildman–Crippen LogP) is 9.09. The summed E-state index contributed by atoms with van der Waals surface area (Å²) in [6.45, 7) is 12.5. The summed E-state index contributed by atoms with van der Waals surface area (Å²) in [4.78, 5) is 36.1. The van der Waals surface area contributed by atoms with E-state index in [1.807, 2.05) is 30.0 Å². The van der Waals surface area contributed by atoms with Crippen molar-refractivity contribution in [3.05, 3.63) is 73.8 Å². The smallest absolute Gasteiger partial charge is 0.361 e. The molecule has 0 aliphatic heterocycles. The summed E-state index contributed by atoms with van der Waals surface area (Å²) in [5, 5.41) is 22.5. The van der Waals surface area contributed by atoms with Crippen LogP contribution in [-0.4, -0.2) is 45.2 Å². The van der Waals surface area contributed by atoms with Crippen molar-refractivity contribution in [1.29, 1.82) is 0 Å². The van der Waals surface area contributed by atoms with E-state index >= 15 is 0 Å². The SMILES string of the molecule is CCC(C)N(C(=O)SCc1ccccc1)C(C)CC.CCCCN(CC)c1c([N+](=O)[O-])cc(C(F)(F)F)cc1[N+](=O)[O-]. The second kappa shape index (κ2) is 17.6. The summed E-state index contributed by atoms with van der Waals surface area (Å²) in [7, 11) is 0. The quantitative estimate of drug-likeness (QED) is 0.163. The first-order valence-corrected chi connectivity index (χ1v) is 15.0. The molecule has 0 radical (unpaired) electrons. The monoisotopic (exact) mass is 614 g/mol. The number of nitro groups is 2. The molecule has 2 rings (SSSR count). The number of unbranched alkanes of at least 4 members (excludes halogenated alkanes) is 1. The fraction of sp³-hybridized carbons (Fsp3) is 0.552. The van der Waals surface area contributed by atoms with Gasteiger partial charge in [-0.05, 0) is 45.6 Å². The predicted molar refractivity (Wildman–Crippen MR) is 162 cm³/mol. The summed E-state index contributed by atoms with van der Waals surface area (Å²) in [5.74, 6) is 0.753. The largest absolute Gasteiger partial charge is 0.416 e. The van der Waals surface area contributed by atoms with Gasteiger partial charge in [0.05, 0.1) is 15.4 Å². The zero-order chi connectivity index (χ0) is 32.0. The first-order chi connectivity index (χ1) is 19.7. The van der Waals surface area contributed by atoms with Gasteiger partial charge in [-0.25, -0.2) is 0 Å². The Labute approximate surface area is 249 Å². The van der Waals surface area contributed by atoms with Gasteiger partial charge in [0.25, 0.3) is 16.6 Å². The molecule has 0 bridgehead atoms. The summed E-state index contributed by atoms with van der Waals surface area (Å²) < 4.78 is 38.5. The van der Waals surface area contributed by atoms with Gasteiger partial charge in [-0.2, -0.15) is 13.2 Å². The average Bonchev–Trinajstić information content (AvgIpc) is 2.96. The Hall–Kier alpha value is -3.35. The van der Waals surface area contributed by atoms with E-state index in [1.165, 1.54) is 22.2 Å². The molecule has 2 aromatic rings. The van der Waals surface area contributed by atoms with Gasteiger partial charge in [-0.15, -0.1) is 0 Å². The number of thioether (sulfide) groups is 1. The molecular formula is C29H41F3N4O5S. The van der Waals surface area contributed by atoms with E-state index in [2.05, 4.69) is 39.8 Å². The zero-order valence-corrected chi connectivity index (χ0v) is 25.8. The van der Waals surface area contributed by atoms with Gasteiger partial charge in [-0.1, -0.05) is 69.3 Å². The third-order valence-electron chi connectivity index (χ3n) is 6.82. The lowest BCUT2D eigenvalue weighted by molar-refractivity contribution is -0.393. The number of hydrogen-bond donors (Lipinski definition) is 0. The van der Waals surface area contributed by atoms with Gasteiger partial charge in [-0.3, -0.25) is 25.0 Å². The first-order valence-electron chi connectivity index (χ1n) is 14.0. The molecule has 2 atom stereocenters. The van der Waals surface area contributed by atoms with Crippen molar-refractivity contribution in [2.45, 2.75) is 91.2 Å². The van der Waals surface area contributed by atoms with Crippen molar-refractivity contribution in [2.24, 2.45) is 0 Å². The highest BCUT2D eigenvalue weighted by Gasteiger charge is 2.39. The second-order valence-corrected chi connectivity index (χ2v) is 10.7. The maximum atomic E-state index is 12.8. The fourth-order valence-electron chi connectivity index (χ4n) is 4.13. The molecule has 2 aromatic carbocycles. The third-order valence-corrected chi connectivity index (χ3v) is 7.75. The molecule has 0 N–H and O–H groups in total. The Balaban J connectivity index is 0.000000428. The minimum absolute atomic E-state index is 0.201. The van der Waals surface area contributed by atoms with Crippen LogP contribution in [0.2, 0.25) is 0 Å². The summed E-state index contributed by atoms with van der Waals surface area (Å²) in [6, 6.07) is 11.5. The van der Waals surface area contributed by atoms with Crippen molar-refractivity contribution in [3.8, 4) is 0 Å². The lowest BCUT2D eigenvalue weighted by Crippen LogP contribution is -2.42. The fourth-order valence-corrected chi connectivity index (χ4v) is 5.12. The summed E-state index contributed by atoms with van der Waals surface area (Å²) >= 11 is 1.41. The van der Waals surface area contributed by atoms with Crippen LogP contribution in [0.15, 0.2) is 42.5 Å². The number of alkyl halides is 3. The Bertz CT molecular complexity index is 1120. The Kier molecular flexibility index (Phi) is 15.3. The van der Waals surface area contributed by atoms with Crippen LogP contribution in [0.1, 0.15) is 78.4 Å². The van der Waals surface area contributed by atoms with Gasteiger partial charge in [0.2, 0.25) is 0 Å². The highest BCUT2D eigenvalue weighted by molar-refractivity contribution is 8.12. The van der Waals surface area contributed by atoms with Crippen LogP contribution in [-0.2, 0) is 11.9 Å². The van der Waals surface area contributed by atoms with Crippen LogP contribution in [0.3, 0.4) is 0 Å². The molecule has 234 valence electrons. The normalized spacial score (nSPS) is 12.5. The molecule has 9 nitrogen and oxygen atoms in total. The van der Waals surface area contributed by atoms with Gasteiger partial charge >= 0.3 is 6.18 Å². The molecule has 42 heavy (non-hydrogen) atoms. The third kappa shape index (κ3) is 10.8. The first kappa shape index (κ1) is 36.7. The molecule has 0 heterocycles. The Morgan fingerprint density at radius 3 is 1.81 bits per heavy atom. The van der Waals surface area contributed by atoms with E-state index in [4.69, 9.17) is 0 Å². The van der Waals surface area contributed by atoms with E-state index < -0.39 is 33.0 Å². The maximum absolute atomic E-state index is 12.8. The molecule has 0 saturated carbocycles. The minimum atomic E-state index is -4.91. The number of anilines is 1. The number of nitro benzene ring substituents is 2. The minimum Gasteiger partial charge on any atom is -0.361 e. The standard InChI is InChI=1S/C16H25NOS.C13H16F3N3O4/c1-5-13(3)17(14(4)6-2)16(18)19-12-15-10-8-7-9-11-15;1-3-5-6-17(4-2)12-10(18(20)21)7-9(13(14,15)16)8-11(12)19(22)23/h7-11,13-14H,5-6,12H2,1-4H3;7-8H,3-6H2,1-2H3. The molecule has 0 aromatic heterocycles. The number of amides is 1. The molecule has 2 unspecified atom stereocenters. The van der Waals surface area contributed by atoms with Crippen LogP contribution >= 0.6 is 11.8 Å². The lowest BCUT2D eigenvalue weighted by Gasteiger charge is -2.33. The molecule has 0 saturated heterocycles. The number of carbonyl (C=O) groups excluding carboxylic acids is 1. The van der Waals surface area contributed by atoms with Gasteiger partial charge < -0.3 is 9.80 Å². The molecule has 0 aliphatic rings. The number of carbonyl (C=O) groups is 1. The Morgan fingerprint density at radius 2 is 1.43 bits per heavy atom. The van der Waals surface area contributed by atoms with E-state index in [9.17, 15) is 38.2 Å². The average molecular weight is 615 g/mol. The molecule has 13 heteroatoms. The van der Waals surface area contributed by atoms with Crippen molar-refractivity contribution in [1.82, 2.24) is 4.90 Å². The van der Waals surface area contributed by atoms with Crippen LogP contribution in [0, 0.1) is 20.2 Å². The molecule has 0 fully saturated rings. The maximum Gasteiger partial charge on any atom is 0.416 e. The van der Waals surface area contributed by atoms with Crippen LogP contribution < -0.4 is 4.90 Å². The van der Waals surface area contributed by atoms with Crippen LogP contribution in [0.25, 0.3) is 0 Å². The number of rotatable bonds is 13. The van der Waals surface area contributed by atoms with Crippen molar-refractivity contribution in [2.75, 3.05) is 18.0 Å². The van der Waals surface area contributed by atoms with Crippen molar-refractivity contribution in [3.63, 3.8) is 0 Å². The number of hydrogen-bond acceptors (Lipinski definition) is 7. The van der Waals surface area contributed by atoms with E-state index in [0.717, 1.165) is 25.0 Å². The topological polar surface area (TPSA) is 110 Å². The van der Waals surface area contributed by atoms with Gasteiger partial charge in [0.15, 0.2) is 5.69 Å². The number of halogens is 3. The highest BCUT2D eigenvalue weighted by atomic mass is 32.2. The molecule has 1 amide bonds. The van der Waals surface area contributed by atoms with E-state index in [-0.39, 0.29) is 24.0 Å². The number of nitrogens with zero attached hydrogens (tertiary/aromatic N) is 4. The van der Waals surface area contributed by atoms with Crippen molar-refractivity contribution < 1.29 is 27.8 Å². The van der Waals surface area contributed by atoms with Crippen LogP contribution in [0.5, 0.6) is 0 Å². The molecule has 0 spiro atoms.